The highest BCUT2D eigenvalue weighted by Crippen LogP contribution is 2.31. The van der Waals surface area contributed by atoms with Crippen molar-refractivity contribution < 1.29 is 19.1 Å². The van der Waals surface area contributed by atoms with Crippen molar-refractivity contribution in [2.24, 2.45) is 0 Å². The molecule has 3 amide bonds. The maximum atomic E-state index is 12.8. The largest absolute Gasteiger partial charge is 0.457 e. The number of nitrogens with one attached hydrogen (secondary N) is 1. The number of anilines is 1. The molecular weight excluding hydrogens is 368 g/mol. The molecule has 3 aromatic rings. The van der Waals surface area contributed by atoms with Gasteiger partial charge in [-0.15, -0.1) is 0 Å². The smallest absolute Gasteiger partial charge is 0.266 e. The summed E-state index contributed by atoms with van der Waals surface area (Å²) in [6, 6.07) is 18.9. The molecule has 144 valence electrons. The number of amides is 3. The molecule has 0 saturated heterocycles. The van der Waals surface area contributed by atoms with Gasteiger partial charge in [0.2, 0.25) is 0 Å². The molecule has 0 atom stereocenters. The highest BCUT2D eigenvalue weighted by atomic mass is 16.5. The van der Waals surface area contributed by atoms with Crippen molar-refractivity contribution in [1.82, 2.24) is 5.32 Å². The minimum atomic E-state index is -0.456. The summed E-state index contributed by atoms with van der Waals surface area (Å²) in [5, 5.41) is 2.51. The molecule has 4 rings (SSSR count). The van der Waals surface area contributed by atoms with Gasteiger partial charge in [0.1, 0.15) is 11.5 Å². The Morgan fingerprint density at radius 2 is 1.41 bits per heavy atom. The van der Waals surface area contributed by atoms with E-state index in [4.69, 9.17) is 4.74 Å². The molecule has 6 nitrogen and oxygen atoms in total. The average molecular weight is 386 g/mol. The molecule has 1 N–H and O–H groups in total. The number of aryl methyl sites for hydroxylation is 1. The fourth-order valence-electron chi connectivity index (χ4n) is 3.17. The van der Waals surface area contributed by atoms with Gasteiger partial charge in [0, 0.05) is 12.6 Å². The fourth-order valence-corrected chi connectivity index (χ4v) is 3.17. The van der Waals surface area contributed by atoms with Crippen molar-refractivity contribution in [1.29, 1.82) is 0 Å². The molecule has 0 radical (unpaired) electrons. The van der Waals surface area contributed by atoms with Crippen LogP contribution in [0.15, 0.2) is 66.7 Å². The molecule has 3 aromatic carbocycles. The quantitative estimate of drug-likeness (QED) is 0.689. The summed E-state index contributed by atoms with van der Waals surface area (Å²) in [4.78, 5) is 38.5. The fraction of sp³-hybridized carbons (Fsp3) is 0.0870. The molecule has 0 bridgehead atoms. The lowest BCUT2D eigenvalue weighted by atomic mass is 10.1. The van der Waals surface area contributed by atoms with Crippen LogP contribution in [0, 0.1) is 6.92 Å². The number of hydrogen-bond donors (Lipinski definition) is 1. The van der Waals surface area contributed by atoms with Gasteiger partial charge in [-0.2, -0.15) is 0 Å². The third-order valence-electron chi connectivity index (χ3n) is 4.73. The molecule has 1 aliphatic rings. The van der Waals surface area contributed by atoms with Crippen LogP contribution in [0.2, 0.25) is 0 Å². The van der Waals surface area contributed by atoms with Gasteiger partial charge in [0.05, 0.1) is 16.8 Å². The highest BCUT2D eigenvalue weighted by Gasteiger charge is 2.37. The Morgan fingerprint density at radius 1 is 0.828 bits per heavy atom. The van der Waals surface area contributed by atoms with Crippen LogP contribution in [-0.4, -0.2) is 24.8 Å². The molecule has 0 saturated carbocycles. The van der Waals surface area contributed by atoms with Crippen LogP contribution in [0.1, 0.15) is 36.6 Å². The van der Waals surface area contributed by atoms with E-state index in [0.29, 0.717) is 22.7 Å². The Labute approximate surface area is 167 Å². The Kier molecular flexibility index (Phi) is 4.60. The summed E-state index contributed by atoms with van der Waals surface area (Å²) in [6.45, 7) is 2.00. The lowest BCUT2D eigenvalue weighted by Crippen LogP contribution is -2.29. The normalized spacial score (nSPS) is 12.7. The predicted molar refractivity (Wildman–Crippen MR) is 109 cm³/mol. The lowest BCUT2D eigenvalue weighted by Gasteiger charge is -2.14. The highest BCUT2D eigenvalue weighted by molar-refractivity contribution is 6.34. The van der Waals surface area contributed by atoms with Crippen LogP contribution in [-0.2, 0) is 0 Å². The first kappa shape index (κ1) is 18.4. The molecule has 1 aliphatic heterocycles. The van der Waals surface area contributed by atoms with Gasteiger partial charge in [0.15, 0.2) is 0 Å². The first-order valence-corrected chi connectivity index (χ1v) is 9.07. The number of benzene rings is 3. The van der Waals surface area contributed by atoms with E-state index in [0.717, 1.165) is 10.5 Å². The molecule has 1 heterocycles. The van der Waals surface area contributed by atoms with Gasteiger partial charge in [-0.1, -0.05) is 17.7 Å². The molecule has 0 aliphatic carbocycles. The number of carbonyl (C=O) groups is 3. The van der Waals surface area contributed by atoms with Crippen LogP contribution >= 0.6 is 0 Å². The number of imide groups is 1. The Bertz CT molecular complexity index is 1120. The number of ether oxygens (including phenoxy) is 1. The number of rotatable bonds is 4. The summed E-state index contributed by atoms with van der Waals surface area (Å²) >= 11 is 0. The van der Waals surface area contributed by atoms with E-state index < -0.39 is 11.8 Å². The minimum Gasteiger partial charge on any atom is -0.457 e. The molecule has 0 fully saturated rings. The molecule has 0 aromatic heterocycles. The van der Waals surface area contributed by atoms with Gasteiger partial charge in [-0.3, -0.25) is 14.4 Å². The summed E-state index contributed by atoms with van der Waals surface area (Å²) in [6.07, 6.45) is 0. The standard InChI is InChI=1S/C23H18N2O4/c1-14-3-8-17(9-4-14)29-18-10-6-16(7-11-18)25-22(27)19-12-5-15(21(26)24-2)13-20(19)23(25)28/h3-13H,1-2H3,(H,24,26). The lowest BCUT2D eigenvalue weighted by molar-refractivity contribution is 0.0924. The van der Waals surface area contributed by atoms with Gasteiger partial charge in [-0.25, -0.2) is 4.90 Å². The zero-order chi connectivity index (χ0) is 20.5. The van der Waals surface area contributed by atoms with Crippen LogP contribution in [0.4, 0.5) is 5.69 Å². The molecule has 6 heteroatoms. The van der Waals surface area contributed by atoms with E-state index in [1.165, 1.54) is 25.2 Å². The van der Waals surface area contributed by atoms with Crippen molar-refractivity contribution in [2.45, 2.75) is 6.92 Å². The van der Waals surface area contributed by atoms with E-state index in [-0.39, 0.29) is 17.0 Å². The van der Waals surface area contributed by atoms with Crippen molar-refractivity contribution in [2.75, 3.05) is 11.9 Å². The zero-order valence-corrected chi connectivity index (χ0v) is 15.9. The Morgan fingerprint density at radius 3 is 2.03 bits per heavy atom. The second-order valence-corrected chi connectivity index (χ2v) is 6.69. The van der Waals surface area contributed by atoms with Gasteiger partial charge >= 0.3 is 0 Å². The topological polar surface area (TPSA) is 75.7 Å². The van der Waals surface area contributed by atoms with Gasteiger partial charge < -0.3 is 10.1 Å². The van der Waals surface area contributed by atoms with E-state index in [9.17, 15) is 14.4 Å². The van der Waals surface area contributed by atoms with Crippen molar-refractivity contribution >= 4 is 23.4 Å². The summed E-state index contributed by atoms with van der Waals surface area (Å²) < 4.78 is 5.79. The summed E-state index contributed by atoms with van der Waals surface area (Å²) in [5.74, 6) is 0.106. The second kappa shape index (κ2) is 7.24. The monoisotopic (exact) mass is 386 g/mol. The van der Waals surface area contributed by atoms with Crippen LogP contribution in [0.5, 0.6) is 11.5 Å². The van der Waals surface area contributed by atoms with Crippen molar-refractivity contribution in [3.63, 3.8) is 0 Å². The van der Waals surface area contributed by atoms with E-state index in [2.05, 4.69) is 5.32 Å². The van der Waals surface area contributed by atoms with E-state index in [1.54, 1.807) is 24.3 Å². The first-order chi connectivity index (χ1) is 14.0. The maximum Gasteiger partial charge on any atom is 0.266 e. The molecule has 0 unspecified atom stereocenters. The van der Waals surface area contributed by atoms with Gasteiger partial charge in [0.25, 0.3) is 17.7 Å². The van der Waals surface area contributed by atoms with Crippen LogP contribution < -0.4 is 15.0 Å². The number of carbonyl (C=O) groups excluding carboxylic acids is 3. The van der Waals surface area contributed by atoms with E-state index >= 15 is 0 Å². The maximum absolute atomic E-state index is 12.8. The van der Waals surface area contributed by atoms with E-state index in [1.807, 2.05) is 31.2 Å². The predicted octanol–water partition coefficient (Wildman–Crippen LogP) is 3.95. The summed E-state index contributed by atoms with van der Waals surface area (Å²) in [7, 11) is 1.51. The SMILES string of the molecule is CNC(=O)c1ccc2c(c1)C(=O)N(c1ccc(Oc3ccc(C)cc3)cc1)C2=O. The number of nitrogens with zero attached hydrogens (tertiary/aromatic N) is 1. The van der Waals surface area contributed by atoms with Gasteiger partial charge in [-0.05, 0) is 61.5 Å². The van der Waals surface area contributed by atoms with Crippen molar-refractivity contribution in [3.8, 4) is 11.5 Å². The third-order valence-corrected chi connectivity index (χ3v) is 4.73. The number of hydrogen-bond acceptors (Lipinski definition) is 4. The molecule has 0 spiro atoms. The first-order valence-electron chi connectivity index (χ1n) is 9.07. The van der Waals surface area contributed by atoms with Crippen molar-refractivity contribution in [3.05, 3.63) is 89.0 Å². The third kappa shape index (κ3) is 3.36. The average Bonchev–Trinajstić information content (AvgIpc) is 2.99. The second-order valence-electron chi connectivity index (χ2n) is 6.69. The zero-order valence-electron chi connectivity index (χ0n) is 15.9. The molecule has 29 heavy (non-hydrogen) atoms. The van der Waals surface area contributed by atoms with Crippen LogP contribution in [0.3, 0.4) is 0 Å². The van der Waals surface area contributed by atoms with Crippen LogP contribution in [0.25, 0.3) is 0 Å². The molecular formula is C23H18N2O4. The number of fused-ring (bicyclic) bond motifs is 1. The Hall–Kier alpha value is -3.93. The minimum absolute atomic E-state index is 0.219. The Balaban J connectivity index is 1.58. The summed E-state index contributed by atoms with van der Waals surface area (Å²) in [5.41, 5.74) is 2.40.